The monoisotopic (exact) mass is 396 g/mol. The molecule has 2 amide bonds. The number of carbonyl (C=O) groups is 3. The van der Waals surface area contributed by atoms with Gasteiger partial charge in [-0.1, -0.05) is 36.4 Å². The van der Waals surface area contributed by atoms with Gasteiger partial charge in [0.25, 0.3) is 0 Å². The Hall–Kier alpha value is -3.06. The molecule has 4 atom stereocenters. The van der Waals surface area contributed by atoms with Crippen LogP contribution in [-0.4, -0.2) is 29.9 Å². The fourth-order valence-electron chi connectivity index (χ4n) is 4.43. The van der Waals surface area contributed by atoms with Gasteiger partial charge in [0.15, 0.2) is 0 Å². The number of imide groups is 1. The van der Waals surface area contributed by atoms with Gasteiger partial charge in [0.05, 0.1) is 24.1 Å². The zero-order valence-electron chi connectivity index (χ0n) is 16.1. The predicted octanol–water partition coefficient (Wildman–Crippen LogP) is 2.60. The third-order valence-corrected chi connectivity index (χ3v) is 5.74. The second kappa shape index (κ2) is 7.08. The van der Waals surface area contributed by atoms with Crippen molar-refractivity contribution in [3.05, 3.63) is 66.0 Å². The van der Waals surface area contributed by atoms with Crippen LogP contribution in [0.2, 0.25) is 0 Å². The molecular formula is C22H21FN2O4. The quantitative estimate of drug-likeness (QED) is 0.635. The minimum Gasteiger partial charge on any atom is -0.465 e. The smallest absolute Gasteiger partial charge is 0.326 e. The van der Waals surface area contributed by atoms with E-state index in [1.54, 1.807) is 62.4 Å². The van der Waals surface area contributed by atoms with Crippen molar-refractivity contribution in [2.24, 2.45) is 11.8 Å². The van der Waals surface area contributed by atoms with E-state index in [2.05, 4.69) is 5.32 Å². The van der Waals surface area contributed by atoms with Crippen LogP contribution >= 0.6 is 0 Å². The fourth-order valence-corrected chi connectivity index (χ4v) is 4.43. The third kappa shape index (κ3) is 2.84. The summed E-state index contributed by atoms with van der Waals surface area (Å²) >= 11 is 0. The molecule has 2 heterocycles. The summed E-state index contributed by atoms with van der Waals surface area (Å²) in [7, 11) is 0. The van der Waals surface area contributed by atoms with Gasteiger partial charge in [-0.2, -0.15) is 0 Å². The Morgan fingerprint density at radius 2 is 1.76 bits per heavy atom. The predicted molar refractivity (Wildman–Crippen MR) is 103 cm³/mol. The van der Waals surface area contributed by atoms with Gasteiger partial charge in [-0.25, -0.2) is 9.29 Å². The van der Waals surface area contributed by atoms with Crippen molar-refractivity contribution in [1.82, 2.24) is 5.32 Å². The van der Waals surface area contributed by atoms with Gasteiger partial charge >= 0.3 is 5.97 Å². The maximum atomic E-state index is 14.6. The fraction of sp³-hybridized carbons (Fsp3) is 0.318. The van der Waals surface area contributed by atoms with E-state index in [1.807, 2.05) is 0 Å². The Balaban J connectivity index is 1.84. The molecule has 2 saturated heterocycles. The second-order valence-corrected chi connectivity index (χ2v) is 7.42. The SMILES string of the molecule is CCOC(=O)[C@@]1(C)N[C@@H](c2ccccc2F)[C@H]2C(=O)N(c3ccccc3)C(=O)[C@@H]21. The molecule has 0 radical (unpaired) electrons. The van der Waals surface area contributed by atoms with Gasteiger partial charge in [0, 0.05) is 11.6 Å². The van der Waals surface area contributed by atoms with Crippen LogP contribution in [0.4, 0.5) is 10.1 Å². The number of carbonyl (C=O) groups excluding carboxylic acids is 3. The molecule has 1 N–H and O–H groups in total. The lowest BCUT2D eigenvalue weighted by Gasteiger charge is -2.29. The molecule has 0 spiro atoms. The van der Waals surface area contributed by atoms with Crippen LogP contribution in [-0.2, 0) is 19.1 Å². The number of amides is 2. The molecule has 7 heteroatoms. The molecule has 0 saturated carbocycles. The topological polar surface area (TPSA) is 75.7 Å². The lowest BCUT2D eigenvalue weighted by molar-refractivity contribution is -0.153. The Morgan fingerprint density at radius 1 is 1.10 bits per heavy atom. The van der Waals surface area contributed by atoms with E-state index in [0.29, 0.717) is 5.69 Å². The largest absolute Gasteiger partial charge is 0.465 e. The lowest BCUT2D eigenvalue weighted by atomic mass is 9.80. The van der Waals surface area contributed by atoms with E-state index in [1.165, 1.54) is 6.07 Å². The third-order valence-electron chi connectivity index (χ3n) is 5.74. The van der Waals surface area contributed by atoms with Crippen LogP contribution in [0.25, 0.3) is 0 Å². The minimum absolute atomic E-state index is 0.127. The van der Waals surface area contributed by atoms with E-state index >= 15 is 0 Å². The van der Waals surface area contributed by atoms with Crippen LogP contribution in [0.15, 0.2) is 54.6 Å². The standard InChI is InChI=1S/C22H21FN2O4/c1-3-29-21(28)22(2)17-16(18(24-22)14-11-7-8-12-15(14)23)19(26)25(20(17)27)13-9-5-4-6-10-13/h4-12,16-18,24H,3H2,1-2H3/t16-,17+,18-,22-/m0/s1. The lowest BCUT2D eigenvalue weighted by Crippen LogP contribution is -2.54. The van der Waals surface area contributed by atoms with Gasteiger partial charge < -0.3 is 4.74 Å². The number of para-hydroxylation sites is 1. The average molecular weight is 396 g/mol. The number of nitrogens with zero attached hydrogens (tertiary/aromatic N) is 1. The highest BCUT2D eigenvalue weighted by Gasteiger charge is 2.67. The summed E-state index contributed by atoms with van der Waals surface area (Å²) in [5, 5.41) is 3.06. The molecule has 0 aromatic heterocycles. The number of ether oxygens (including phenoxy) is 1. The summed E-state index contributed by atoms with van der Waals surface area (Å²) in [6, 6.07) is 13.8. The zero-order chi connectivity index (χ0) is 20.8. The highest BCUT2D eigenvalue weighted by Crippen LogP contribution is 2.50. The second-order valence-electron chi connectivity index (χ2n) is 7.42. The molecule has 2 aromatic rings. The van der Waals surface area contributed by atoms with Crippen LogP contribution in [0.1, 0.15) is 25.5 Å². The molecule has 4 rings (SSSR count). The number of hydrogen-bond acceptors (Lipinski definition) is 5. The van der Waals surface area contributed by atoms with Crippen molar-refractivity contribution >= 4 is 23.5 Å². The van der Waals surface area contributed by atoms with E-state index in [4.69, 9.17) is 4.74 Å². The Kier molecular flexibility index (Phi) is 4.70. The molecule has 2 fully saturated rings. The molecular weight excluding hydrogens is 375 g/mol. The number of hydrogen-bond donors (Lipinski definition) is 1. The minimum atomic E-state index is -1.45. The number of nitrogens with one attached hydrogen (secondary N) is 1. The van der Waals surface area contributed by atoms with Crippen LogP contribution in [0, 0.1) is 17.7 Å². The first-order chi connectivity index (χ1) is 13.9. The van der Waals surface area contributed by atoms with E-state index in [0.717, 1.165) is 4.90 Å². The van der Waals surface area contributed by atoms with Gasteiger partial charge in [-0.15, -0.1) is 0 Å². The molecule has 0 unspecified atom stereocenters. The van der Waals surface area contributed by atoms with Crippen molar-refractivity contribution in [1.29, 1.82) is 0 Å². The van der Waals surface area contributed by atoms with E-state index in [-0.39, 0.29) is 12.2 Å². The summed E-state index contributed by atoms with van der Waals surface area (Å²) in [5.74, 6) is -4.01. The van der Waals surface area contributed by atoms with Crippen molar-refractivity contribution in [3.8, 4) is 0 Å². The highest BCUT2D eigenvalue weighted by molar-refractivity contribution is 6.24. The van der Waals surface area contributed by atoms with Crippen molar-refractivity contribution < 1.29 is 23.5 Å². The molecule has 0 bridgehead atoms. The number of benzene rings is 2. The number of anilines is 1. The van der Waals surface area contributed by atoms with E-state index < -0.39 is 47.0 Å². The summed E-state index contributed by atoms with van der Waals surface area (Å²) in [5.41, 5.74) is -0.786. The first-order valence-electron chi connectivity index (χ1n) is 9.52. The number of rotatable bonds is 4. The van der Waals surface area contributed by atoms with Gasteiger partial charge in [-0.05, 0) is 32.0 Å². The number of halogens is 1. The molecule has 2 aliphatic rings. The highest BCUT2D eigenvalue weighted by atomic mass is 19.1. The van der Waals surface area contributed by atoms with Crippen LogP contribution < -0.4 is 10.2 Å². The summed E-state index contributed by atoms with van der Waals surface area (Å²) < 4.78 is 19.8. The van der Waals surface area contributed by atoms with Crippen LogP contribution in [0.3, 0.4) is 0 Å². The Morgan fingerprint density at radius 3 is 2.41 bits per heavy atom. The summed E-state index contributed by atoms with van der Waals surface area (Å²) in [4.78, 5) is 40.6. The van der Waals surface area contributed by atoms with E-state index in [9.17, 15) is 18.8 Å². The Labute approximate surface area is 167 Å². The maximum Gasteiger partial charge on any atom is 0.326 e. The Bertz CT molecular complexity index is 980. The molecule has 6 nitrogen and oxygen atoms in total. The number of fused-ring (bicyclic) bond motifs is 1. The van der Waals surface area contributed by atoms with Crippen molar-refractivity contribution in [2.75, 3.05) is 11.5 Å². The first-order valence-corrected chi connectivity index (χ1v) is 9.52. The molecule has 2 aliphatic heterocycles. The normalized spacial score (nSPS) is 28.5. The zero-order valence-corrected chi connectivity index (χ0v) is 16.1. The van der Waals surface area contributed by atoms with Crippen LogP contribution in [0.5, 0.6) is 0 Å². The van der Waals surface area contributed by atoms with Gasteiger partial charge in [0.2, 0.25) is 11.8 Å². The molecule has 2 aromatic carbocycles. The van der Waals surface area contributed by atoms with Gasteiger partial charge in [-0.3, -0.25) is 19.7 Å². The summed E-state index contributed by atoms with van der Waals surface area (Å²) in [6.07, 6.45) is 0. The van der Waals surface area contributed by atoms with Gasteiger partial charge in [0.1, 0.15) is 11.4 Å². The molecule has 150 valence electrons. The first kappa shape index (κ1) is 19.3. The summed E-state index contributed by atoms with van der Waals surface area (Å²) in [6.45, 7) is 3.34. The van der Waals surface area contributed by atoms with Crippen molar-refractivity contribution in [3.63, 3.8) is 0 Å². The molecule has 0 aliphatic carbocycles. The van der Waals surface area contributed by atoms with Crippen molar-refractivity contribution in [2.45, 2.75) is 25.4 Å². The maximum absolute atomic E-state index is 14.6. The number of esters is 1. The average Bonchev–Trinajstić information content (AvgIpc) is 3.17. The molecule has 29 heavy (non-hydrogen) atoms.